The summed E-state index contributed by atoms with van der Waals surface area (Å²) < 4.78 is 19.4. The zero-order valence-corrected chi connectivity index (χ0v) is 11.8. The molecule has 4 heteroatoms. The van der Waals surface area contributed by atoms with Crippen LogP contribution in [-0.4, -0.2) is 0 Å². The fourth-order valence-electron chi connectivity index (χ4n) is 1.66. The molecular weight excluding hydrogens is 332 g/mol. The van der Waals surface area contributed by atoms with Gasteiger partial charge in [0.05, 0.1) is 6.04 Å². The molecule has 2 N–H and O–H groups in total. The first kappa shape index (κ1) is 12.6. The molecule has 17 heavy (non-hydrogen) atoms. The minimum atomic E-state index is -0.352. The van der Waals surface area contributed by atoms with Crippen LogP contribution in [0, 0.1) is 23.2 Å². The van der Waals surface area contributed by atoms with Gasteiger partial charge in [0, 0.05) is 3.57 Å². The molecule has 0 saturated carbocycles. The SMILES string of the molecule is Cc1cc(C(N)c2ccc(F)cc2I)oc1C. The van der Waals surface area contributed by atoms with Crippen molar-refractivity contribution in [3.05, 3.63) is 56.3 Å². The quantitative estimate of drug-likeness (QED) is 0.844. The molecule has 0 fully saturated rings. The van der Waals surface area contributed by atoms with E-state index in [1.54, 1.807) is 6.07 Å². The number of benzene rings is 1. The predicted molar refractivity (Wildman–Crippen MR) is 73.3 cm³/mol. The van der Waals surface area contributed by atoms with Crippen LogP contribution in [0.2, 0.25) is 0 Å². The Morgan fingerprint density at radius 2 is 2.00 bits per heavy atom. The van der Waals surface area contributed by atoms with Crippen molar-refractivity contribution in [2.75, 3.05) is 0 Å². The third-order valence-corrected chi connectivity index (χ3v) is 3.72. The largest absolute Gasteiger partial charge is 0.464 e. The van der Waals surface area contributed by atoms with E-state index in [0.717, 1.165) is 20.5 Å². The van der Waals surface area contributed by atoms with Crippen molar-refractivity contribution in [3.63, 3.8) is 0 Å². The van der Waals surface area contributed by atoms with Gasteiger partial charge in [-0.3, -0.25) is 0 Å². The van der Waals surface area contributed by atoms with Gasteiger partial charge in [-0.05, 0) is 65.8 Å². The van der Waals surface area contributed by atoms with Gasteiger partial charge in [0.1, 0.15) is 17.3 Å². The molecule has 1 aromatic heterocycles. The number of aryl methyl sites for hydroxylation is 2. The Morgan fingerprint density at radius 1 is 1.29 bits per heavy atom. The van der Waals surface area contributed by atoms with E-state index >= 15 is 0 Å². The van der Waals surface area contributed by atoms with Gasteiger partial charge in [0.2, 0.25) is 0 Å². The standard InChI is InChI=1S/C13H13FINO/c1-7-5-12(17-8(7)2)13(16)10-4-3-9(14)6-11(10)15/h3-6,13H,16H2,1-2H3. The highest BCUT2D eigenvalue weighted by atomic mass is 127. The number of hydrogen-bond donors (Lipinski definition) is 1. The molecule has 0 amide bonds. The molecule has 0 bridgehead atoms. The van der Waals surface area contributed by atoms with Crippen LogP contribution in [0.25, 0.3) is 0 Å². The molecule has 1 unspecified atom stereocenters. The van der Waals surface area contributed by atoms with Crippen molar-refractivity contribution in [1.29, 1.82) is 0 Å². The third-order valence-electron chi connectivity index (χ3n) is 2.79. The molecule has 1 aromatic carbocycles. The van der Waals surface area contributed by atoms with Crippen LogP contribution in [-0.2, 0) is 0 Å². The van der Waals surface area contributed by atoms with Gasteiger partial charge in [-0.1, -0.05) is 6.07 Å². The summed E-state index contributed by atoms with van der Waals surface area (Å²) in [6, 6.07) is 6.17. The van der Waals surface area contributed by atoms with Crippen LogP contribution in [0.1, 0.15) is 28.7 Å². The van der Waals surface area contributed by atoms with Crippen molar-refractivity contribution in [2.45, 2.75) is 19.9 Å². The van der Waals surface area contributed by atoms with Crippen LogP contribution < -0.4 is 5.73 Å². The van der Waals surface area contributed by atoms with E-state index in [9.17, 15) is 4.39 Å². The van der Waals surface area contributed by atoms with Gasteiger partial charge < -0.3 is 10.2 Å². The maximum atomic E-state index is 13.0. The molecule has 0 saturated heterocycles. The molecule has 1 atom stereocenters. The average molecular weight is 345 g/mol. The van der Waals surface area contributed by atoms with Crippen molar-refractivity contribution in [2.24, 2.45) is 5.73 Å². The Morgan fingerprint density at radius 3 is 2.53 bits per heavy atom. The molecular formula is C13H13FINO. The number of rotatable bonds is 2. The third kappa shape index (κ3) is 2.52. The van der Waals surface area contributed by atoms with Gasteiger partial charge in [-0.15, -0.1) is 0 Å². The topological polar surface area (TPSA) is 39.2 Å². The molecule has 90 valence electrons. The monoisotopic (exact) mass is 345 g/mol. The highest BCUT2D eigenvalue weighted by Crippen LogP contribution is 2.27. The second-order valence-electron chi connectivity index (χ2n) is 4.03. The second kappa shape index (κ2) is 4.78. The normalized spacial score (nSPS) is 12.8. The van der Waals surface area contributed by atoms with Crippen molar-refractivity contribution in [3.8, 4) is 0 Å². The van der Waals surface area contributed by atoms with Crippen LogP contribution >= 0.6 is 22.6 Å². The Kier molecular flexibility index (Phi) is 3.53. The maximum absolute atomic E-state index is 13.0. The molecule has 2 rings (SSSR count). The first-order chi connectivity index (χ1) is 7.99. The number of nitrogens with two attached hydrogens (primary N) is 1. The fourth-order valence-corrected chi connectivity index (χ4v) is 2.47. The van der Waals surface area contributed by atoms with Crippen LogP contribution in [0.15, 0.2) is 28.7 Å². The van der Waals surface area contributed by atoms with Crippen LogP contribution in [0.5, 0.6) is 0 Å². The van der Waals surface area contributed by atoms with Gasteiger partial charge >= 0.3 is 0 Å². The molecule has 0 radical (unpaired) electrons. The zero-order valence-electron chi connectivity index (χ0n) is 9.63. The first-order valence-electron chi connectivity index (χ1n) is 5.26. The van der Waals surface area contributed by atoms with Gasteiger partial charge in [-0.25, -0.2) is 4.39 Å². The Labute approximate surface area is 113 Å². The summed E-state index contributed by atoms with van der Waals surface area (Å²) in [6.45, 7) is 3.88. The predicted octanol–water partition coefficient (Wildman–Crippen LogP) is 3.69. The Bertz CT molecular complexity index is 531. The van der Waals surface area contributed by atoms with Gasteiger partial charge in [0.15, 0.2) is 0 Å². The lowest BCUT2D eigenvalue weighted by molar-refractivity contribution is 0.464. The second-order valence-corrected chi connectivity index (χ2v) is 5.19. The number of furan rings is 1. The summed E-state index contributed by atoms with van der Waals surface area (Å²) in [5.41, 5.74) is 8.08. The molecule has 2 aromatic rings. The number of halogens is 2. The highest BCUT2D eigenvalue weighted by Gasteiger charge is 2.17. The molecule has 0 spiro atoms. The highest BCUT2D eigenvalue weighted by molar-refractivity contribution is 14.1. The van der Waals surface area contributed by atoms with E-state index in [0.29, 0.717) is 5.76 Å². The smallest absolute Gasteiger partial charge is 0.125 e. The first-order valence-corrected chi connectivity index (χ1v) is 6.34. The fraction of sp³-hybridized carbons (Fsp3) is 0.231. The Hall–Kier alpha value is -0.880. The van der Waals surface area contributed by atoms with Crippen molar-refractivity contribution >= 4 is 22.6 Å². The minimum absolute atomic E-state index is 0.253. The summed E-state index contributed by atoms with van der Waals surface area (Å²) in [5.74, 6) is 1.33. The maximum Gasteiger partial charge on any atom is 0.125 e. The summed E-state index contributed by atoms with van der Waals surface area (Å²) in [6.07, 6.45) is 0. The zero-order chi connectivity index (χ0) is 12.6. The molecule has 1 heterocycles. The Balaban J connectivity index is 2.39. The van der Waals surface area contributed by atoms with Crippen molar-refractivity contribution < 1.29 is 8.81 Å². The van der Waals surface area contributed by atoms with E-state index in [1.807, 2.05) is 19.9 Å². The summed E-state index contributed by atoms with van der Waals surface area (Å²) in [5, 5.41) is 0. The lowest BCUT2D eigenvalue weighted by Gasteiger charge is -2.11. The van der Waals surface area contributed by atoms with E-state index in [1.165, 1.54) is 12.1 Å². The van der Waals surface area contributed by atoms with Gasteiger partial charge in [-0.2, -0.15) is 0 Å². The average Bonchev–Trinajstić information content (AvgIpc) is 2.58. The minimum Gasteiger partial charge on any atom is -0.464 e. The van der Waals surface area contributed by atoms with E-state index in [4.69, 9.17) is 10.2 Å². The lowest BCUT2D eigenvalue weighted by atomic mass is 10.1. The summed E-state index contributed by atoms with van der Waals surface area (Å²) in [7, 11) is 0. The van der Waals surface area contributed by atoms with E-state index < -0.39 is 0 Å². The van der Waals surface area contributed by atoms with E-state index in [2.05, 4.69) is 22.6 Å². The summed E-state index contributed by atoms with van der Waals surface area (Å²) in [4.78, 5) is 0. The van der Waals surface area contributed by atoms with Crippen molar-refractivity contribution in [1.82, 2.24) is 0 Å². The molecule has 2 nitrogen and oxygen atoms in total. The lowest BCUT2D eigenvalue weighted by Crippen LogP contribution is -2.12. The molecule has 0 aliphatic heterocycles. The van der Waals surface area contributed by atoms with Crippen LogP contribution in [0.3, 0.4) is 0 Å². The van der Waals surface area contributed by atoms with E-state index in [-0.39, 0.29) is 11.9 Å². The summed E-state index contributed by atoms with van der Waals surface area (Å²) >= 11 is 2.08. The molecule has 0 aliphatic rings. The van der Waals surface area contributed by atoms with Gasteiger partial charge in [0.25, 0.3) is 0 Å². The molecule has 0 aliphatic carbocycles. The number of hydrogen-bond acceptors (Lipinski definition) is 2. The van der Waals surface area contributed by atoms with Crippen LogP contribution in [0.4, 0.5) is 4.39 Å².